The monoisotopic (exact) mass is 326 g/mol. The van der Waals surface area contributed by atoms with E-state index in [-0.39, 0.29) is 18.9 Å². The minimum absolute atomic E-state index is 0.0859. The maximum Gasteiger partial charge on any atom is 0.347 e. The molecule has 3 N–H and O–H groups in total. The highest BCUT2D eigenvalue weighted by Crippen LogP contribution is 2.24. The summed E-state index contributed by atoms with van der Waals surface area (Å²) in [7, 11) is 0. The van der Waals surface area contributed by atoms with Crippen molar-refractivity contribution in [3.05, 3.63) is 51.1 Å². The molecule has 0 fully saturated rings. The number of nitrogen functional groups attached to an aromatic ring is 1. The first-order valence-corrected chi connectivity index (χ1v) is 6.78. The maximum atomic E-state index is 11.8. The molecule has 2 rings (SSSR count). The number of nitrogens with zero attached hydrogens (tertiary/aromatic N) is 2. The summed E-state index contributed by atoms with van der Waals surface area (Å²) >= 11 is 11.7. The van der Waals surface area contributed by atoms with E-state index in [2.05, 4.69) is 10.3 Å². The number of halogens is 2. The van der Waals surface area contributed by atoms with Gasteiger partial charge >= 0.3 is 5.69 Å². The molecular weight excluding hydrogens is 315 g/mol. The Balaban J connectivity index is 1.99. The number of rotatable bonds is 4. The molecule has 2 aromatic rings. The second-order valence-corrected chi connectivity index (χ2v) is 5.13. The molecular formula is C13H12Cl2N4O2. The van der Waals surface area contributed by atoms with Crippen LogP contribution in [0.1, 0.15) is 6.42 Å². The van der Waals surface area contributed by atoms with Gasteiger partial charge in [0.1, 0.15) is 0 Å². The minimum atomic E-state index is -0.460. The van der Waals surface area contributed by atoms with E-state index in [1.165, 1.54) is 17.0 Å². The number of amides is 1. The van der Waals surface area contributed by atoms with Crippen LogP contribution in [-0.2, 0) is 11.3 Å². The van der Waals surface area contributed by atoms with Crippen molar-refractivity contribution in [2.75, 3.05) is 11.1 Å². The molecule has 0 radical (unpaired) electrons. The second-order valence-electron chi connectivity index (χ2n) is 4.29. The average Bonchev–Trinajstić information content (AvgIpc) is 2.43. The molecule has 6 nitrogen and oxygen atoms in total. The van der Waals surface area contributed by atoms with Gasteiger partial charge in [0, 0.05) is 24.8 Å². The molecule has 1 heterocycles. The normalized spacial score (nSPS) is 10.4. The lowest BCUT2D eigenvalue weighted by atomic mass is 10.2. The number of aryl methyl sites for hydroxylation is 1. The molecule has 0 saturated carbocycles. The van der Waals surface area contributed by atoms with E-state index in [0.29, 0.717) is 21.4 Å². The minimum Gasteiger partial charge on any atom is -0.399 e. The molecule has 0 atom stereocenters. The van der Waals surface area contributed by atoms with Gasteiger partial charge in [-0.05, 0) is 18.2 Å². The van der Waals surface area contributed by atoms with Crippen LogP contribution >= 0.6 is 23.2 Å². The Kier molecular flexibility index (Phi) is 4.82. The van der Waals surface area contributed by atoms with Gasteiger partial charge in [-0.15, -0.1) is 0 Å². The van der Waals surface area contributed by atoms with E-state index in [1.54, 1.807) is 18.2 Å². The van der Waals surface area contributed by atoms with Crippen molar-refractivity contribution < 1.29 is 4.79 Å². The van der Waals surface area contributed by atoms with Gasteiger partial charge in [0.25, 0.3) is 0 Å². The summed E-state index contributed by atoms with van der Waals surface area (Å²) in [5.74, 6) is -0.284. The van der Waals surface area contributed by atoms with Gasteiger partial charge in [-0.25, -0.2) is 9.78 Å². The topological polar surface area (TPSA) is 90.0 Å². The smallest absolute Gasteiger partial charge is 0.347 e. The van der Waals surface area contributed by atoms with Crippen molar-refractivity contribution in [1.82, 2.24) is 9.55 Å². The quantitative estimate of drug-likeness (QED) is 0.842. The van der Waals surface area contributed by atoms with Crippen LogP contribution in [0.4, 0.5) is 11.4 Å². The van der Waals surface area contributed by atoms with E-state index in [4.69, 9.17) is 28.9 Å². The predicted molar refractivity (Wildman–Crippen MR) is 82.6 cm³/mol. The molecule has 110 valence electrons. The predicted octanol–water partition coefficient (Wildman–Crippen LogP) is 2.16. The van der Waals surface area contributed by atoms with E-state index >= 15 is 0 Å². The number of anilines is 2. The summed E-state index contributed by atoms with van der Waals surface area (Å²) in [6.45, 7) is 0.171. The highest BCUT2D eigenvalue weighted by molar-refractivity contribution is 6.34. The van der Waals surface area contributed by atoms with Crippen LogP contribution in [-0.4, -0.2) is 15.5 Å². The molecule has 0 aliphatic rings. The van der Waals surface area contributed by atoms with Crippen LogP contribution in [0.15, 0.2) is 35.4 Å². The lowest BCUT2D eigenvalue weighted by Gasteiger charge is -2.08. The summed E-state index contributed by atoms with van der Waals surface area (Å²) < 4.78 is 1.27. The third-order valence-corrected chi connectivity index (χ3v) is 3.18. The molecule has 21 heavy (non-hydrogen) atoms. The molecule has 0 saturated heterocycles. The standard InChI is InChI=1S/C13H12Cl2N4O2/c14-8-6-17-13(21)19(7-8)4-3-12(20)18-11-2-1-9(16)5-10(11)15/h1-2,5-7H,3-4,16H2,(H,18,20). The zero-order chi connectivity index (χ0) is 15.4. The molecule has 0 aliphatic heterocycles. The van der Waals surface area contributed by atoms with Crippen molar-refractivity contribution in [2.24, 2.45) is 0 Å². The van der Waals surface area contributed by atoms with Gasteiger partial charge in [0.2, 0.25) is 5.91 Å². The SMILES string of the molecule is Nc1ccc(NC(=O)CCn2cc(Cl)cnc2=O)c(Cl)c1. The van der Waals surface area contributed by atoms with Crippen LogP contribution in [0.5, 0.6) is 0 Å². The Hall–Kier alpha value is -2.05. The van der Waals surface area contributed by atoms with E-state index in [0.717, 1.165) is 0 Å². The fourth-order valence-corrected chi connectivity index (χ4v) is 2.06. The number of hydrogen-bond acceptors (Lipinski definition) is 4. The Morgan fingerprint density at radius 2 is 2.14 bits per heavy atom. The first kappa shape index (κ1) is 15.3. The Morgan fingerprint density at radius 3 is 2.86 bits per heavy atom. The lowest BCUT2D eigenvalue weighted by molar-refractivity contribution is -0.116. The van der Waals surface area contributed by atoms with Gasteiger partial charge in [-0.1, -0.05) is 23.2 Å². The molecule has 1 aromatic carbocycles. The molecule has 0 spiro atoms. The molecule has 1 amide bonds. The third-order valence-electron chi connectivity index (χ3n) is 2.67. The highest BCUT2D eigenvalue weighted by atomic mass is 35.5. The van der Waals surface area contributed by atoms with Gasteiger partial charge in [0.05, 0.1) is 21.9 Å². The number of carbonyl (C=O) groups is 1. The van der Waals surface area contributed by atoms with Crippen LogP contribution in [0, 0.1) is 0 Å². The molecule has 0 unspecified atom stereocenters. The van der Waals surface area contributed by atoms with E-state index < -0.39 is 5.69 Å². The van der Waals surface area contributed by atoms with E-state index in [1.807, 2.05) is 0 Å². The highest BCUT2D eigenvalue weighted by Gasteiger charge is 2.07. The Bertz CT molecular complexity index is 730. The fraction of sp³-hybridized carbons (Fsp3) is 0.154. The fourth-order valence-electron chi connectivity index (χ4n) is 1.66. The summed E-state index contributed by atoms with van der Waals surface area (Å²) in [5.41, 5.74) is 6.08. The number of hydrogen-bond donors (Lipinski definition) is 2. The third kappa shape index (κ3) is 4.21. The lowest BCUT2D eigenvalue weighted by Crippen LogP contribution is -2.24. The zero-order valence-corrected chi connectivity index (χ0v) is 12.4. The number of benzene rings is 1. The average molecular weight is 327 g/mol. The van der Waals surface area contributed by atoms with Gasteiger partial charge in [-0.3, -0.25) is 9.36 Å². The van der Waals surface area contributed by atoms with Crippen LogP contribution in [0.3, 0.4) is 0 Å². The first-order chi connectivity index (χ1) is 9.95. The van der Waals surface area contributed by atoms with Crippen LogP contribution < -0.4 is 16.7 Å². The zero-order valence-electron chi connectivity index (χ0n) is 10.8. The Labute approximate surface area is 130 Å². The molecule has 8 heteroatoms. The van der Waals surface area contributed by atoms with Crippen LogP contribution in [0.25, 0.3) is 0 Å². The number of aromatic nitrogens is 2. The number of carbonyl (C=O) groups excluding carboxylic acids is 1. The molecule has 0 bridgehead atoms. The van der Waals surface area contributed by atoms with Crippen molar-refractivity contribution in [1.29, 1.82) is 0 Å². The maximum absolute atomic E-state index is 11.8. The van der Waals surface area contributed by atoms with Crippen molar-refractivity contribution in [2.45, 2.75) is 13.0 Å². The first-order valence-electron chi connectivity index (χ1n) is 6.02. The molecule has 0 aliphatic carbocycles. The summed E-state index contributed by atoms with van der Waals surface area (Å²) in [5, 5.41) is 3.33. The van der Waals surface area contributed by atoms with Crippen molar-refractivity contribution in [3.8, 4) is 0 Å². The van der Waals surface area contributed by atoms with Crippen molar-refractivity contribution >= 4 is 40.5 Å². The second kappa shape index (κ2) is 6.60. The molecule has 1 aromatic heterocycles. The largest absolute Gasteiger partial charge is 0.399 e. The van der Waals surface area contributed by atoms with Gasteiger partial charge in [-0.2, -0.15) is 0 Å². The van der Waals surface area contributed by atoms with E-state index in [9.17, 15) is 9.59 Å². The van der Waals surface area contributed by atoms with Gasteiger partial charge < -0.3 is 11.1 Å². The summed E-state index contributed by atoms with van der Waals surface area (Å²) in [6.07, 6.45) is 2.78. The number of nitrogens with one attached hydrogen (secondary N) is 1. The Morgan fingerprint density at radius 1 is 1.38 bits per heavy atom. The van der Waals surface area contributed by atoms with Gasteiger partial charge in [0.15, 0.2) is 0 Å². The number of nitrogens with two attached hydrogens (primary N) is 1. The van der Waals surface area contributed by atoms with Crippen LogP contribution in [0.2, 0.25) is 10.0 Å². The summed E-state index contributed by atoms with van der Waals surface area (Å²) in [6, 6.07) is 4.79. The van der Waals surface area contributed by atoms with Crippen molar-refractivity contribution in [3.63, 3.8) is 0 Å². The summed E-state index contributed by atoms with van der Waals surface area (Å²) in [4.78, 5) is 26.9.